The smallest absolute Gasteiger partial charge is 0.223 e. The first-order chi connectivity index (χ1) is 18.4. The first-order valence-electron chi connectivity index (χ1n) is 11.8. The Morgan fingerprint density at radius 1 is 1.24 bits per heavy atom. The van der Waals surface area contributed by atoms with Crippen molar-refractivity contribution in [2.24, 2.45) is 5.16 Å². The van der Waals surface area contributed by atoms with Crippen LogP contribution in [0.1, 0.15) is 29.4 Å². The van der Waals surface area contributed by atoms with Crippen LogP contribution in [-0.2, 0) is 27.2 Å². The van der Waals surface area contributed by atoms with Gasteiger partial charge in [0.15, 0.2) is 5.13 Å². The fourth-order valence-electron chi connectivity index (χ4n) is 4.18. The number of oxime groups is 1. The summed E-state index contributed by atoms with van der Waals surface area (Å²) in [6, 6.07) is 6.21. The maximum absolute atomic E-state index is 15.1. The third kappa shape index (κ3) is 5.04. The number of halogens is 2. The molecule has 0 fully saturated rings. The first-order valence-corrected chi connectivity index (χ1v) is 12.6. The summed E-state index contributed by atoms with van der Waals surface area (Å²) in [5, 5.41) is 11.6. The average molecular weight is 539 g/mol. The van der Waals surface area contributed by atoms with Crippen molar-refractivity contribution in [2.45, 2.75) is 26.7 Å². The molecule has 1 amide bonds. The Morgan fingerprint density at radius 2 is 2.03 bits per heavy atom. The molecule has 0 spiro atoms. The first kappa shape index (κ1) is 25.6. The molecule has 1 aromatic carbocycles. The zero-order valence-electron chi connectivity index (χ0n) is 20.9. The molecule has 12 heteroatoms. The number of hydrogen-bond acceptors (Lipinski definition) is 8. The number of fused-ring (bicyclic) bond motifs is 3. The molecule has 0 radical (unpaired) electrons. The van der Waals surface area contributed by atoms with Crippen LogP contribution in [-0.4, -0.2) is 52.2 Å². The number of amides is 1. The number of pyridine rings is 1. The second-order valence-electron chi connectivity index (χ2n) is 8.64. The summed E-state index contributed by atoms with van der Waals surface area (Å²) in [4.78, 5) is 26.3. The van der Waals surface area contributed by atoms with E-state index >= 15 is 8.78 Å². The highest BCUT2D eigenvalue weighted by molar-refractivity contribution is 7.19. The Morgan fingerprint density at radius 3 is 2.71 bits per heavy atom. The summed E-state index contributed by atoms with van der Waals surface area (Å²) in [7, 11) is 1.51. The van der Waals surface area contributed by atoms with Gasteiger partial charge in [-0.3, -0.25) is 9.78 Å². The molecule has 1 N–H and O–H groups in total. The minimum absolute atomic E-state index is 0.155. The number of nitrogens with one attached hydrogen (secondary N) is 1. The van der Waals surface area contributed by atoms with Crippen LogP contribution in [0.3, 0.4) is 0 Å². The van der Waals surface area contributed by atoms with E-state index in [0.29, 0.717) is 36.0 Å². The number of aryl methyl sites for hydroxylation is 2. The van der Waals surface area contributed by atoms with Gasteiger partial charge in [-0.05, 0) is 31.9 Å². The number of hydrogen-bond donors (Lipinski definition) is 1. The highest BCUT2D eigenvalue weighted by Gasteiger charge is 2.30. The van der Waals surface area contributed by atoms with Crippen LogP contribution in [0.15, 0.2) is 35.6 Å². The molecule has 4 aromatic rings. The van der Waals surface area contributed by atoms with Crippen molar-refractivity contribution < 1.29 is 23.1 Å². The van der Waals surface area contributed by atoms with Gasteiger partial charge in [-0.1, -0.05) is 16.5 Å². The standard InChI is InChI=1S/C26H24F2N6O3S/c1-14-4-5-16(12-29-14)23-18-6-7-22-25(38-26(32-22)31-15(2)35)24(18)34(33-23)17-10-20(27)19(21(28)11-17)13-30-37-9-8-36-3/h4-5,10-13H,6-9H2,1-3H3,(H,31,32,35). The predicted octanol–water partition coefficient (Wildman–Crippen LogP) is 4.70. The molecule has 9 nitrogen and oxygen atoms in total. The Labute approximate surface area is 221 Å². The van der Waals surface area contributed by atoms with E-state index in [1.54, 1.807) is 6.20 Å². The lowest BCUT2D eigenvalue weighted by Gasteiger charge is -2.14. The summed E-state index contributed by atoms with van der Waals surface area (Å²) >= 11 is 1.30. The zero-order chi connectivity index (χ0) is 26.8. The van der Waals surface area contributed by atoms with Crippen molar-refractivity contribution in [1.29, 1.82) is 0 Å². The Hall–Kier alpha value is -4.03. The van der Waals surface area contributed by atoms with Crippen molar-refractivity contribution in [3.63, 3.8) is 0 Å². The van der Waals surface area contributed by atoms with Crippen molar-refractivity contribution in [2.75, 3.05) is 25.6 Å². The minimum Gasteiger partial charge on any atom is -0.393 e. The third-order valence-electron chi connectivity index (χ3n) is 5.92. The number of rotatable bonds is 8. The van der Waals surface area contributed by atoms with Gasteiger partial charge < -0.3 is 14.9 Å². The Balaban J connectivity index is 1.62. The molecule has 0 unspecified atom stereocenters. The highest BCUT2D eigenvalue weighted by Crippen LogP contribution is 2.44. The molecule has 38 heavy (non-hydrogen) atoms. The maximum atomic E-state index is 15.1. The highest BCUT2D eigenvalue weighted by atomic mass is 32.1. The molecule has 0 bridgehead atoms. The number of carbonyl (C=O) groups excluding carboxylic acids is 1. The molecule has 0 aliphatic heterocycles. The van der Waals surface area contributed by atoms with E-state index in [2.05, 4.69) is 20.4 Å². The van der Waals surface area contributed by atoms with Crippen LogP contribution in [0, 0.1) is 18.6 Å². The van der Waals surface area contributed by atoms with E-state index in [1.165, 1.54) is 42.2 Å². The molecular weight excluding hydrogens is 514 g/mol. The molecule has 196 valence electrons. The Kier molecular flexibility index (Phi) is 7.25. The van der Waals surface area contributed by atoms with E-state index < -0.39 is 11.6 Å². The van der Waals surface area contributed by atoms with Gasteiger partial charge in [-0.15, -0.1) is 0 Å². The lowest BCUT2D eigenvalue weighted by Crippen LogP contribution is -2.08. The monoisotopic (exact) mass is 538 g/mol. The fraction of sp³-hybridized carbons (Fsp3) is 0.269. The van der Waals surface area contributed by atoms with Crippen molar-refractivity contribution in [1.82, 2.24) is 19.7 Å². The van der Waals surface area contributed by atoms with Gasteiger partial charge in [-0.25, -0.2) is 18.4 Å². The summed E-state index contributed by atoms with van der Waals surface area (Å²) in [5.41, 5.74) is 4.57. The van der Waals surface area contributed by atoms with E-state index in [9.17, 15) is 4.79 Å². The number of aromatic nitrogens is 4. The lowest BCUT2D eigenvalue weighted by atomic mass is 9.95. The molecule has 3 heterocycles. The lowest BCUT2D eigenvalue weighted by molar-refractivity contribution is -0.114. The largest absolute Gasteiger partial charge is 0.393 e. The molecule has 3 aromatic heterocycles. The average Bonchev–Trinajstić information content (AvgIpc) is 3.46. The van der Waals surface area contributed by atoms with Gasteiger partial charge in [0.2, 0.25) is 5.91 Å². The fourth-order valence-corrected chi connectivity index (χ4v) is 5.30. The van der Waals surface area contributed by atoms with Gasteiger partial charge in [0, 0.05) is 49.2 Å². The number of benzene rings is 1. The van der Waals surface area contributed by atoms with Crippen LogP contribution in [0.5, 0.6) is 0 Å². The number of nitrogens with zero attached hydrogens (tertiary/aromatic N) is 5. The Bertz CT molecular complexity index is 1510. The van der Waals surface area contributed by atoms with E-state index in [-0.39, 0.29) is 23.8 Å². The van der Waals surface area contributed by atoms with Crippen molar-refractivity contribution in [3.8, 4) is 27.5 Å². The SMILES string of the molecule is COCCON=Cc1c(F)cc(-n2nc(-c3ccc(C)nc3)c3c2-c2sc(NC(C)=O)nc2CC3)cc1F. The van der Waals surface area contributed by atoms with E-state index in [4.69, 9.17) is 14.7 Å². The minimum atomic E-state index is -0.818. The van der Waals surface area contributed by atoms with Gasteiger partial charge in [0.1, 0.15) is 18.2 Å². The molecule has 5 rings (SSSR count). The summed E-state index contributed by atoms with van der Waals surface area (Å²) in [6.45, 7) is 3.76. The normalized spacial score (nSPS) is 12.4. The molecule has 1 aliphatic rings. The molecule has 0 atom stereocenters. The third-order valence-corrected chi connectivity index (χ3v) is 6.94. The van der Waals surface area contributed by atoms with Gasteiger partial charge >= 0.3 is 0 Å². The van der Waals surface area contributed by atoms with Gasteiger partial charge in [0.05, 0.1) is 46.0 Å². The van der Waals surface area contributed by atoms with Crippen LogP contribution in [0.2, 0.25) is 0 Å². The second kappa shape index (κ2) is 10.8. The second-order valence-corrected chi connectivity index (χ2v) is 9.63. The van der Waals surface area contributed by atoms with Crippen LogP contribution >= 0.6 is 11.3 Å². The van der Waals surface area contributed by atoms with E-state index in [1.807, 2.05) is 19.1 Å². The number of anilines is 1. The molecule has 0 saturated heterocycles. The van der Waals surface area contributed by atoms with Crippen LogP contribution in [0.4, 0.5) is 13.9 Å². The quantitative estimate of drug-likeness (QED) is 0.198. The predicted molar refractivity (Wildman–Crippen MR) is 140 cm³/mol. The topological polar surface area (TPSA) is 104 Å². The van der Waals surface area contributed by atoms with Gasteiger partial charge in [0.25, 0.3) is 0 Å². The maximum Gasteiger partial charge on any atom is 0.223 e. The molecule has 0 saturated carbocycles. The number of thiazole rings is 1. The summed E-state index contributed by atoms with van der Waals surface area (Å²) < 4.78 is 36.6. The molecular formula is C26H24F2N6O3S. The van der Waals surface area contributed by atoms with E-state index in [0.717, 1.165) is 33.6 Å². The van der Waals surface area contributed by atoms with Crippen LogP contribution < -0.4 is 5.32 Å². The summed E-state index contributed by atoms with van der Waals surface area (Å²) in [6.07, 6.45) is 3.98. The molecule has 1 aliphatic carbocycles. The van der Waals surface area contributed by atoms with Crippen LogP contribution in [0.25, 0.3) is 27.5 Å². The van der Waals surface area contributed by atoms with Gasteiger partial charge in [-0.2, -0.15) is 5.10 Å². The number of methoxy groups -OCH3 is 1. The summed E-state index contributed by atoms with van der Waals surface area (Å²) in [5.74, 6) is -1.87. The number of ether oxygens (including phenoxy) is 1. The van der Waals surface area contributed by atoms with Crippen molar-refractivity contribution >= 4 is 28.6 Å². The van der Waals surface area contributed by atoms with Crippen molar-refractivity contribution in [3.05, 3.63) is 64.6 Å². The zero-order valence-corrected chi connectivity index (χ0v) is 21.7. The number of carbonyl (C=O) groups is 1.